The number of hydrogen-bond donors (Lipinski definition) is 1. The second-order valence-corrected chi connectivity index (χ2v) is 5.95. The maximum Gasteiger partial charge on any atom is 0.122 e. The van der Waals surface area contributed by atoms with Gasteiger partial charge in [-0.25, -0.2) is 0 Å². The molecule has 2 unspecified atom stereocenters. The molecular weight excluding hydrogens is 262 g/mol. The van der Waals surface area contributed by atoms with Crippen LogP contribution in [0.2, 0.25) is 0 Å². The molecule has 0 spiro atoms. The van der Waals surface area contributed by atoms with Crippen molar-refractivity contribution in [2.24, 2.45) is 0 Å². The minimum absolute atomic E-state index is 0.330. The normalized spacial score (nSPS) is 16.3. The van der Waals surface area contributed by atoms with E-state index in [-0.39, 0.29) is 0 Å². The summed E-state index contributed by atoms with van der Waals surface area (Å²) < 4.78 is 7.58. The predicted molar refractivity (Wildman–Crippen MR) is 83.6 cm³/mol. The van der Waals surface area contributed by atoms with Gasteiger partial charge in [-0.3, -0.25) is 4.68 Å². The van der Waals surface area contributed by atoms with E-state index >= 15 is 0 Å². The van der Waals surface area contributed by atoms with Gasteiger partial charge in [-0.1, -0.05) is 12.1 Å². The first-order chi connectivity index (χ1) is 10.1. The summed E-state index contributed by atoms with van der Waals surface area (Å²) in [7, 11) is 0. The smallest absolute Gasteiger partial charge is 0.122 e. The van der Waals surface area contributed by atoms with Gasteiger partial charge < -0.3 is 10.1 Å². The minimum atomic E-state index is 0.330. The van der Waals surface area contributed by atoms with Crippen LogP contribution in [-0.2, 0) is 13.0 Å². The van der Waals surface area contributed by atoms with Crippen molar-refractivity contribution in [1.29, 1.82) is 0 Å². The predicted octanol–water partition coefficient (Wildman–Crippen LogP) is 2.87. The molecular formula is C17H23N3O. The zero-order chi connectivity index (χ0) is 14.8. The molecule has 2 heterocycles. The summed E-state index contributed by atoms with van der Waals surface area (Å²) in [5, 5.41) is 8.00. The van der Waals surface area contributed by atoms with Gasteiger partial charge in [0.1, 0.15) is 5.75 Å². The lowest BCUT2D eigenvalue weighted by Crippen LogP contribution is -2.33. The van der Waals surface area contributed by atoms with Crippen molar-refractivity contribution in [2.45, 2.75) is 45.8 Å². The molecule has 112 valence electrons. The molecule has 1 aliphatic heterocycles. The van der Waals surface area contributed by atoms with Crippen LogP contribution in [0.1, 0.15) is 36.6 Å². The van der Waals surface area contributed by atoms with Gasteiger partial charge in [0.25, 0.3) is 0 Å². The first-order valence-corrected chi connectivity index (χ1v) is 7.62. The third kappa shape index (κ3) is 3.10. The second-order valence-electron chi connectivity index (χ2n) is 5.95. The fourth-order valence-electron chi connectivity index (χ4n) is 2.68. The van der Waals surface area contributed by atoms with Gasteiger partial charge in [-0.05, 0) is 43.5 Å². The van der Waals surface area contributed by atoms with Crippen molar-refractivity contribution in [1.82, 2.24) is 15.1 Å². The molecule has 4 nitrogen and oxygen atoms in total. The zero-order valence-electron chi connectivity index (χ0n) is 13.0. The second kappa shape index (κ2) is 5.90. The van der Waals surface area contributed by atoms with E-state index in [1.165, 1.54) is 16.7 Å². The highest BCUT2D eigenvalue weighted by molar-refractivity contribution is 5.39. The Bertz CT molecular complexity index is 620. The molecule has 3 rings (SSSR count). The van der Waals surface area contributed by atoms with Crippen LogP contribution in [0.3, 0.4) is 0 Å². The molecule has 1 aliphatic rings. The molecule has 1 aromatic carbocycles. The fourth-order valence-corrected chi connectivity index (χ4v) is 2.68. The average Bonchev–Trinajstić information content (AvgIpc) is 3.11. The van der Waals surface area contributed by atoms with Crippen LogP contribution in [0, 0.1) is 6.92 Å². The first-order valence-electron chi connectivity index (χ1n) is 7.62. The number of hydrogen-bond acceptors (Lipinski definition) is 3. The average molecular weight is 285 g/mol. The summed E-state index contributed by atoms with van der Waals surface area (Å²) in [4.78, 5) is 0. The summed E-state index contributed by atoms with van der Waals surface area (Å²) in [6, 6.07) is 7.17. The SMILES string of the molecule is Cc1cnn(C(C)C(C)NCc2ccc3c(c2)CCO3)c1. The van der Waals surface area contributed by atoms with E-state index in [0.717, 1.165) is 25.3 Å². The van der Waals surface area contributed by atoms with E-state index in [1.54, 1.807) is 0 Å². The highest BCUT2D eigenvalue weighted by atomic mass is 16.5. The van der Waals surface area contributed by atoms with Crippen molar-refractivity contribution in [2.75, 3.05) is 6.61 Å². The summed E-state index contributed by atoms with van der Waals surface area (Å²) in [6.45, 7) is 8.16. The largest absolute Gasteiger partial charge is 0.493 e. The van der Waals surface area contributed by atoms with Gasteiger partial charge in [-0.2, -0.15) is 5.10 Å². The quantitative estimate of drug-likeness (QED) is 0.918. The minimum Gasteiger partial charge on any atom is -0.493 e. The van der Waals surface area contributed by atoms with Crippen molar-refractivity contribution < 1.29 is 4.74 Å². The van der Waals surface area contributed by atoms with E-state index in [9.17, 15) is 0 Å². The molecule has 2 atom stereocenters. The zero-order valence-corrected chi connectivity index (χ0v) is 13.0. The topological polar surface area (TPSA) is 39.1 Å². The van der Waals surface area contributed by atoms with E-state index in [2.05, 4.69) is 55.6 Å². The van der Waals surface area contributed by atoms with Gasteiger partial charge >= 0.3 is 0 Å². The number of ether oxygens (including phenoxy) is 1. The Hall–Kier alpha value is -1.81. The molecule has 0 aliphatic carbocycles. The lowest BCUT2D eigenvalue weighted by Gasteiger charge is -2.22. The highest BCUT2D eigenvalue weighted by Crippen LogP contribution is 2.25. The monoisotopic (exact) mass is 285 g/mol. The molecule has 0 radical (unpaired) electrons. The Balaban J connectivity index is 1.59. The summed E-state index contributed by atoms with van der Waals surface area (Å²) in [5.41, 5.74) is 3.85. The molecule has 0 amide bonds. The molecule has 21 heavy (non-hydrogen) atoms. The van der Waals surface area contributed by atoms with Crippen molar-refractivity contribution >= 4 is 0 Å². The molecule has 1 N–H and O–H groups in total. The third-order valence-corrected chi connectivity index (χ3v) is 4.25. The maximum atomic E-state index is 5.55. The van der Waals surface area contributed by atoms with Crippen LogP contribution < -0.4 is 10.1 Å². The summed E-state index contributed by atoms with van der Waals surface area (Å²) in [6.07, 6.45) is 5.03. The first kappa shape index (κ1) is 14.1. The number of rotatable bonds is 5. The van der Waals surface area contributed by atoms with Gasteiger partial charge in [0.2, 0.25) is 0 Å². The molecule has 2 aromatic rings. The summed E-state index contributed by atoms with van der Waals surface area (Å²) in [5.74, 6) is 1.05. The van der Waals surface area contributed by atoms with Crippen LogP contribution in [0.25, 0.3) is 0 Å². The molecule has 0 fully saturated rings. The summed E-state index contributed by atoms with van der Waals surface area (Å²) >= 11 is 0. The Labute approximate surface area is 126 Å². The molecule has 4 heteroatoms. The van der Waals surface area contributed by atoms with Crippen LogP contribution in [0.15, 0.2) is 30.6 Å². The number of aryl methyl sites for hydroxylation is 1. The molecule has 1 aromatic heterocycles. The van der Waals surface area contributed by atoms with E-state index in [0.29, 0.717) is 12.1 Å². The van der Waals surface area contributed by atoms with Crippen molar-refractivity contribution in [3.63, 3.8) is 0 Å². The number of nitrogens with zero attached hydrogens (tertiary/aromatic N) is 2. The molecule has 0 bridgehead atoms. The fraction of sp³-hybridized carbons (Fsp3) is 0.471. The van der Waals surface area contributed by atoms with Gasteiger partial charge in [0.15, 0.2) is 0 Å². The van der Waals surface area contributed by atoms with Crippen LogP contribution >= 0.6 is 0 Å². The van der Waals surface area contributed by atoms with Crippen LogP contribution in [0.4, 0.5) is 0 Å². The van der Waals surface area contributed by atoms with Crippen molar-refractivity contribution in [3.05, 3.63) is 47.3 Å². The maximum absolute atomic E-state index is 5.55. The van der Waals surface area contributed by atoms with Crippen LogP contribution in [-0.4, -0.2) is 22.4 Å². The van der Waals surface area contributed by atoms with Gasteiger partial charge in [0.05, 0.1) is 18.8 Å². The van der Waals surface area contributed by atoms with E-state index in [4.69, 9.17) is 4.74 Å². The lowest BCUT2D eigenvalue weighted by molar-refractivity contribution is 0.356. The Morgan fingerprint density at radius 3 is 3.00 bits per heavy atom. The molecule has 0 saturated carbocycles. The standard InChI is InChI=1S/C17H23N3O/c1-12-9-19-20(11-12)14(3)13(2)18-10-15-4-5-17-16(8-15)6-7-21-17/h4-5,8-9,11,13-14,18H,6-7,10H2,1-3H3. The Morgan fingerprint density at radius 2 is 2.24 bits per heavy atom. The van der Waals surface area contributed by atoms with Gasteiger partial charge in [0, 0.05) is 25.2 Å². The number of benzene rings is 1. The number of fused-ring (bicyclic) bond motifs is 1. The van der Waals surface area contributed by atoms with E-state index in [1.807, 2.05) is 10.9 Å². The Kier molecular flexibility index (Phi) is 3.97. The van der Waals surface area contributed by atoms with E-state index < -0.39 is 0 Å². The Morgan fingerprint density at radius 1 is 1.38 bits per heavy atom. The number of nitrogens with one attached hydrogen (secondary N) is 1. The van der Waals surface area contributed by atoms with Gasteiger partial charge in [-0.15, -0.1) is 0 Å². The molecule has 0 saturated heterocycles. The van der Waals surface area contributed by atoms with Crippen LogP contribution in [0.5, 0.6) is 5.75 Å². The number of aromatic nitrogens is 2. The van der Waals surface area contributed by atoms with Crippen molar-refractivity contribution in [3.8, 4) is 5.75 Å². The third-order valence-electron chi connectivity index (χ3n) is 4.25. The highest BCUT2D eigenvalue weighted by Gasteiger charge is 2.15. The lowest BCUT2D eigenvalue weighted by atomic mass is 10.1.